The van der Waals surface area contributed by atoms with Crippen molar-refractivity contribution in [2.75, 3.05) is 11.9 Å². The summed E-state index contributed by atoms with van der Waals surface area (Å²) in [5.74, 6) is 1.31. The van der Waals surface area contributed by atoms with Crippen LogP contribution in [0.1, 0.15) is 32.6 Å². The van der Waals surface area contributed by atoms with Gasteiger partial charge in [-0.05, 0) is 25.3 Å². The number of nitrogens with one attached hydrogen (secondary N) is 1. The molecule has 0 amide bonds. The normalized spacial score (nSPS) is 14.8. The molecule has 0 saturated heterocycles. The predicted molar refractivity (Wildman–Crippen MR) is 82.7 cm³/mol. The highest BCUT2D eigenvalue weighted by molar-refractivity contribution is 7.18. The van der Waals surface area contributed by atoms with Gasteiger partial charge in [0.1, 0.15) is 17.0 Å². The molecule has 0 radical (unpaired) electrons. The Morgan fingerprint density at radius 3 is 2.74 bits per heavy atom. The first-order valence-corrected chi connectivity index (χ1v) is 7.53. The van der Waals surface area contributed by atoms with E-state index < -0.39 is 0 Å². The highest BCUT2D eigenvalue weighted by atomic mass is 32.1. The molecule has 0 aliphatic heterocycles. The van der Waals surface area contributed by atoms with Crippen LogP contribution >= 0.6 is 11.3 Å². The van der Waals surface area contributed by atoms with Gasteiger partial charge in [-0.15, -0.1) is 11.3 Å². The fourth-order valence-electron chi connectivity index (χ4n) is 1.88. The maximum absolute atomic E-state index is 5.93. The smallest absolute Gasteiger partial charge is 0.138 e. The molecule has 1 atom stereocenters. The number of aryl methyl sites for hydroxylation is 1. The van der Waals surface area contributed by atoms with Crippen molar-refractivity contribution in [1.29, 1.82) is 0 Å². The van der Waals surface area contributed by atoms with Crippen molar-refractivity contribution in [3.63, 3.8) is 0 Å². The molecule has 2 aromatic heterocycles. The molecule has 0 aliphatic carbocycles. The largest absolute Gasteiger partial charge is 0.363 e. The van der Waals surface area contributed by atoms with E-state index >= 15 is 0 Å². The molecule has 2 heterocycles. The van der Waals surface area contributed by atoms with Crippen molar-refractivity contribution in [2.45, 2.75) is 39.7 Å². The summed E-state index contributed by atoms with van der Waals surface area (Å²) in [7, 11) is 0. The number of nitrogens with two attached hydrogens (primary N) is 1. The number of rotatable bonds is 5. The monoisotopic (exact) mass is 278 g/mol. The molecule has 0 aliphatic rings. The van der Waals surface area contributed by atoms with Crippen molar-refractivity contribution in [2.24, 2.45) is 11.7 Å². The molecule has 0 saturated carbocycles. The van der Waals surface area contributed by atoms with Crippen molar-refractivity contribution < 1.29 is 0 Å². The number of anilines is 1. The van der Waals surface area contributed by atoms with E-state index in [2.05, 4.69) is 49.0 Å². The summed E-state index contributed by atoms with van der Waals surface area (Å²) in [6.07, 6.45) is 2.65. The lowest BCUT2D eigenvalue weighted by molar-refractivity contribution is 0.382. The Kier molecular flexibility index (Phi) is 4.06. The molecule has 5 heteroatoms. The Morgan fingerprint density at radius 1 is 1.42 bits per heavy atom. The maximum Gasteiger partial charge on any atom is 0.138 e. The molecular formula is C14H22N4S. The van der Waals surface area contributed by atoms with Gasteiger partial charge in [-0.25, -0.2) is 9.97 Å². The summed E-state index contributed by atoms with van der Waals surface area (Å²) in [5, 5.41) is 4.62. The third-order valence-corrected chi connectivity index (χ3v) is 5.02. The minimum atomic E-state index is -0.157. The highest BCUT2D eigenvalue weighted by Crippen LogP contribution is 2.31. The number of hydrogen-bond acceptors (Lipinski definition) is 5. The van der Waals surface area contributed by atoms with Crippen LogP contribution in [-0.4, -0.2) is 22.1 Å². The van der Waals surface area contributed by atoms with Crippen LogP contribution in [0.4, 0.5) is 5.82 Å². The van der Waals surface area contributed by atoms with Gasteiger partial charge in [-0.2, -0.15) is 0 Å². The summed E-state index contributed by atoms with van der Waals surface area (Å²) in [6, 6.07) is 2.18. The molecule has 4 nitrogen and oxygen atoms in total. The Morgan fingerprint density at radius 2 is 2.16 bits per heavy atom. The lowest BCUT2D eigenvalue weighted by Gasteiger charge is -2.34. The molecule has 104 valence electrons. The van der Waals surface area contributed by atoms with E-state index in [-0.39, 0.29) is 5.54 Å². The average Bonchev–Trinajstić information content (AvgIpc) is 2.82. The minimum absolute atomic E-state index is 0.157. The molecule has 19 heavy (non-hydrogen) atoms. The van der Waals surface area contributed by atoms with Gasteiger partial charge >= 0.3 is 0 Å². The van der Waals surface area contributed by atoms with E-state index in [0.717, 1.165) is 22.5 Å². The van der Waals surface area contributed by atoms with Crippen LogP contribution in [-0.2, 0) is 6.42 Å². The topological polar surface area (TPSA) is 63.8 Å². The second-order valence-corrected chi connectivity index (χ2v) is 6.52. The van der Waals surface area contributed by atoms with Crippen molar-refractivity contribution in [3.05, 3.63) is 17.3 Å². The van der Waals surface area contributed by atoms with Crippen LogP contribution in [0.25, 0.3) is 10.2 Å². The van der Waals surface area contributed by atoms with Gasteiger partial charge in [0.15, 0.2) is 0 Å². The van der Waals surface area contributed by atoms with Gasteiger partial charge in [0.25, 0.3) is 0 Å². The number of thiophene rings is 1. The highest BCUT2D eigenvalue weighted by Gasteiger charge is 2.27. The van der Waals surface area contributed by atoms with E-state index in [4.69, 9.17) is 5.73 Å². The number of fused-ring (bicyclic) bond motifs is 1. The summed E-state index contributed by atoms with van der Waals surface area (Å²) >= 11 is 1.73. The van der Waals surface area contributed by atoms with Crippen LogP contribution in [0.2, 0.25) is 0 Å². The SMILES string of the molecule is CCc1cc2c(NC(C)(CN)C(C)C)ncnc2s1. The fraction of sp³-hybridized carbons (Fsp3) is 0.571. The molecule has 0 aromatic carbocycles. The van der Waals surface area contributed by atoms with Crippen LogP contribution in [0.5, 0.6) is 0 Å². The lowest BCUT2D eigenvalue weighted by Crippen LogP contribution is -2.47. The summed E-state index contributed by atoms with van der Waals surface area (Å²) in [6.45, 7) is 9.20. The van der Waals surface area contributed by atoms with Crippen LogP contribution < -0.4 is 11.1 Å². The third-order valence-electron chi connectivity index (χ3n) is 3.83. The Bertz CT molecular complexity index is 564. The van der Waals surface area contributed by atoms with Crippen LogP contribution in [0, 0.1) is 5.92 Å². The summed E-state index contributed by atoms with van der Waals surface area (Å²) < 4.78 is 0. The molecule has 0 fully saturated rings. The van der Waals surface area contributed by atoms with Gasteiger partial charge < -0.3 is 11.1 Å². The van der Waals surface area contributed by atoms with E-state index in [1.807, 2.05) is 0 Å². The van der Waals surface area contributed by atoms with Gasteiger partial charge in [-0.1, -0.05) is 20.8 Å². The van der Waals surface area contributed by atoms with Crippen molar-refractivity contribution in [3.8, 4) is 0 Å². The quantitative estimate of drug-likeness (QED) is 0.882. The first kappa shape index (κ1) is 14.2. The van der Waals surface area contributed by atoms with Gasteiger partial charge in [0.05, 0.1) is 10.9 Å². The molecule has 2 aromatic rings. The standard InChI is InChI=1S/C14H22N4S/c1-5-10-6-11-12(16-8-17-13(11)19-10)18-14(4,7-15)9(2)3/h6,8-9H,5,7,15H2,1-4H3,(H,16,17,18). The van der Waals surface area contributed by atoms with Crippen LogP contribution in [0.3, 0.4) is 0 Å². The van der Waals surface area contributed by atoms with Crippen LogP contribution in [0.15, 0.2) is 12.4 Å². The first-order chi connectivity index (χ1) is 9.00. The number of nitrogens with zero attached hydrogens (tertiary/aromatic N) is 2. The Balaban J connectivity index is 2.42. The minimum Gasteiger partial charge on any atom is -0.363 e. The Labute approximate surface area is 118 Å². The fourth-order valence-corrected chi connectivity index (χ4v) is 2.82. The van der Waals surface area contributed by atoms with E-state index in [1.165, 1.54) is 4.88 Å². The second-order valence-electron chi connectivity index (χ2n) is 5.41. The molecular weight excluding hydrogens is 256 g/mol. The van der Waals surface area contributed by atoms with E-state index in [0.29, 0.717) is 12.5 Å². The molecule has 1 unspecified atom stereocenters. The summed E-state index contributed by atoms with van der Waals surface area (Å²) in [5.41, 5.74) is 5.77. The van der Waals surface area contributed by atoms with E-state index in [9.17, 15) is 0 Å². The zero-order chi connectivity index (χ0) is 14.0. The summed E-state index contributed by atoms with van der Waals surface area (Å²) in [4.78, 5) is 11.1. The van der Waals surface area contributed by atoms with Gasteiger partial charge in [0, 0.05) is 11.4 Å². The van der Waals surface area contributed by atoms with Crippen molar-refractivity contribution >= 4 is 27.4 Å². The number of aromatic nitrogens is 2. The maximum atomic E-state index is 5.93. The molecule has 0 spiro atoms. The third kappa shape index (κ3) is 2.72. The number of hydrogen-bond donors (Lipinski definition) is 2. The second kappa shape index (κ2) is 5.43. The molecule has 0 bridgehead atoms. The zero-order valence-corrected chi connectivity index (χ0v) is 12.8. The van der Waals surface area contributed by atoms with Gasteiger partial charge in [0.2, 0.25) is 0 Å². The predicted octanol–water partition coefficient (Wildman–Crippen LogP) is 3.04. The lowest BCUT2D eigenvalue weighted by atomic mass is 9.88. The van der Waals surface area contributed by atoms with E-state index in [1.54, 1.807) is 17.7 Å². The zero-order valence-electron chi connectivity index (χ0n) is 12.0. The van der Waals surface area contributed by atoms with Crippen molar-refractivity contribution in [1.82, 2.24) is 9.97 Å². The molecule has 3 N–H and O–H groups in total. The Hall–Kier alpha value is -1.20. The van der Waals surface area contributed by atoms with Gasteiger partial charge in [-0.3, -0.25) is 0 Å². The molecule has 2 rings (SSSR count). The first-order valence-electron chi connectivity index (χ1n) is 6.72. The average molecular weight is 278 g/mol.